The summed E-state index contributed by atoms with van der Waals surface area (Å²) in [5.74, 6) is 2.90. The lowest BCUT2D eigenvalue weighted by Crippen LogP contribution is -2.59. The lowest BCUT2D eigenvalue weighted by Gasteiger charge is -2.66. The highest BCUT2D eigenvalue weighted by Gasteiger charge is 2.60. The zero-order valence-electron chi connectivity index (χ0n) is 9.85. The SMILES string of the molecule is CC1CCC2CC(C)C2(C)C1(C)C. The Morgan fingerprint density at radius 1 is 0.923 bits per heavy atom. The molecule has 13 heavy (non-hydrogen) atoms. The fourth-order valence-electron chi connectivity index (χ4n) is 4.08. The maximum Gasteiger partial charge on any atom is -0.0218 e. The van der Waals surface area contributed by atoms with E-state index >= 15 is 0 Å². The van der Waals surface area contributed by atoms with Crippen LogP contribution in [0.15, 0.2) is 0 Å². The molecule has 0 bridgehead atoms. The molecule has 0 aromatic heterocycles. The first-order chi connectivity index (χ1) is 5.90. The van der Waals surface area contributed by atoms with Gasteiger partial charge < -0.3 is 0 Å². The summed E-state index contributed by atoms with van der Waals surface area (Å²) < 4.78 is 0. The van der Waals surface area contributed by atoms with Gasteiger partial charge in [-0.3, -0.25) is 0 Å². The Kier molecular flexibility index (Phi) is 1.85. The second-order valence-electron chi connectivity index (χ2n) is 6.32. The maximum atomic E-state index is 2.54. The molecule has 0 nitrogen and oxygen atoms in total. The summed E-state index contributed by atoms with van der Waals surface area (Å²) >= 11 is 0. The molecule has 0 amide bonds. The van der Waals surface area contributed by atoms with Crippen molar-refractivity contribution in [3.05, 3.63) is 0 Å². The Morgan fingerprint density at radius 3 is 2.00 bits per heavy atom. The van der Waals surface area contributed by atoms with Crippen LogP contribution in [0.5, 0.6) is 0 Å². The van der Waals surface area contributed by atoms with Gasteiger partial charge in [0.15, 0.2) is 0 Å². The van der Waals surface area contributed by atoms with E-state index in [9.17, 15) is 0 Å². The van der Waals surface area contributed by atoms with Crippen molar-refractivity contribution in [1.29, 1.82) is 0 Å². The van der Waals surface area contributed by atoms with Crippen LogP contribution in [0.25, 0.3) is 0 Å². The Hall–Kier alpha value is 0. The highest BCUT2D eigenvalue weighted by atomic mass is 14.6. The van der Waals surface area contributed by atoms with Crippen LogP contribution in [-0.4, -0.2) is 0 Å². The van der Waals surface area contributed by atoms with Crippen LogP contribution in [0.3, 0.4) is 0 Å². The van der Waals surface area contributed by atoms with Crippen molar-refractivity contribution < 1.29 is 0 Å². The molecule has 2 rings (SSSR count). The van der Waals surface area contributed by atoms with Gasteiger partial charge in [-0.15, -0.1) is 0 Å². The topological polar surface area (TPSA) is 0 Å². The quantitative estimate of drug-likeness (QED) is 0.526. The van der Waals surface area contributed by atoms with Gasteiger partial charge in [0.1, 0.15) is 0 Å². The summed E-state index contributed by atoms with van der Waals surface area (Å²) in [6.45, 7) is 12.4. The summed E-state index contributed by atoms with van der Waals surface area (Å²) in [6, 6.07) is 0. The van der Waals surface area contributed by atoms with Crippen LogP contribution in [0.4, 0.5) is 0 Å². The van der Waals surface area contributed by atoms with Crippen molar-refractivity contribution in [3.8, 4) is 0 Å². The lowest BCUT2D eigenvalue weighted by atomic mass is 9.38. The van der Waals surface area contributed by atoms with E-state index in [1.54, 1.807) is 0 Å². The summed E-state index contributed by atoms with van der Waals surface area (Å²) in [5.41, 5.74) is 1.21. The minimum atomic E-state index is 0.563. The molecule has 76 valence electrons. The maximum absolute atomic E-state index is 2.54. The Balaban J connectivity index is 2.31. The third-order valence-corrected chi connectivity index (χ3v) is 6.08. The van der Waals surface area contributed by atoms with E-state index in [-0.39, 0.29) is 0 Å². The molecular weight excluding hydrogens is 156 g/mol. The van der Waals surface area contributed by atoms with Crippen LogP contribution < -0.4 is 0 Å². The van der Waals surface area contributed by atoms with Gasteiger partial charge in [-0.2, -0.15) is 0 Å². The fraction of sp³-hybridized carbons (Fsp3) is 1.00. The zero-order valence-corrected chi connectivity index (χ0v) is 9.85. The molecule has 4 unspecified atom stereocenters. The zero-order chi connectivity index (χ0) is 9.85. The highest BCUT2D eigenvalue weighted by molar-refractivity contribution is 5.09. The van der Waals surface area contributed by atoms with Gasteiger partial charge in [0.05, 0.1) is 0 Å². The van der Waals surface area contributed by atoms with E-state index < -0.39 is 0 Å². The molecule has 0 heteroatoms. The lowest BCUT2D eigenvalue weighted by molar-refractivity contribution is -0.177. The van der Waals surface area contributed by atoms with Crippen LogP contribution in [-0.2, 0) is 0 Å². The average Bonchev–Trinajstić information content (AvgIpc) is 2.07. The van der Waals surface area contributed by atoms with E-state index in [0.717, 1.165) is 17.8 Å². The third-order valence-electron chi connectivity index (χ3n) is 6.08. The molecule has 2 aliphatic carbocycles. The molecule has 0 aliphatic heterocycles. The summed E-state index contributed by atoms with van der Waals surface area (Å²) in [6.07, 6.45) is 4.44. The van der Waals surface area contributed by atoms with Gasteiger partial charge in [0.2, 0.25) is 0 Å². The van der Waals surface area contributed by atoms with Gasteiger partial charge in [-0.1, -0.05) is 34.6 Å². The molecule has 2 saturated carbocycles. The van der Waals surface area contributed by atoms with Crippen molar-refractivity contribution in [1.82, 2.24) is 0 Å². The standard InChI is InChI=1S/C13H24/c1-9-6-7-11-8-10(2)13(11,5)12(9,3)4/h9-11H,6-8H2,1-5H3. The Labute approximate surface area is 83.1 Å². The van der Waals surface area contributed by atoms with Crippen LogP contribution in [0, 0.1) is 28.6 Å². The monoisotopic (exact) mass is 180 g/mol. The first-order valence-corrected chi connectivity index (χ1v) is 5.90. The molecule has 0 N–H and O–H groups in total. The smallest absolute Gasteiger partial charge is 0.0218 e. The molecule has 2 fully saturated rings. The summed E-state index contributed by atoms with van der Waals surface area (Å²) in [4.78, 5) is 0. The largest absolute Gasteiger partial charge is 0.0620 e. The number of fused-ring (bicyclic) bond motifs is 1. The van der Waals surface area contributed by atoms with E-state index in [1.165, 1.54) is 19.3 Å². The number of hydrogen-bond donors (Lipinski definition) is 0. The van der Waals surface area contributed by atoms with Gasteiger partial charge in [-0.25, -0.2) is 0 Å². The number of rotatable bonds is 0. The van der Waals surface area contributed by atoms with Gasteiger partial charge in [0, 0.05) is 0 Å². The highest BCUT2D eigenvalue weighted by Crippen LogP contribution is 2.68. The van der Waals surface area contributed by atoms with Crippen molar-refractivity contribution in [2.45, 2.75) is 53.9 Å². The predicted octanol–water partition coefficient (Wildman–Crippen LogP) is 4.10. The minimum Gasteiger partial charge on any atom is -0.0620 e. The molecule has 0 spiro atoms. The second kappa shape index (κ2) is 2.52. The molecule has 0 aromatic carbocycles. The van der Waals surface area contributed by atoms with E-state index in [1.807, 2.05) is 0 Å². The normalized spacial score (nSPS) is 53.8. The number of hydrogen-bond acceptors (Lipinski definition) is 0. The molecule has 0 heterocycles. The van der Waals surface area contributed by atoms with Crippen molar-refractivity contribution >= 4 is 0 Å². The second-order valence-corrected chi connectivity index (χ2v) is 6.32. The van der Waals surface area contributed by atoms with Crippen molar-refractivity contribution in [2.24, 2.45) is 28.6 Å². The summed E-state index contributed by atoms with van der Waals surface area (Å²) in [7, 11) is 0. The fourth-order valence-corrected chi connectivity index (χ4v) is 4.08. The first kappa shape index (κ1) is 9.55. The van der Waals surface area contributed by atoms with Gasteiger partial charge >= 0.3 is 0 Å². The predicted molar refractivity (Wildman–Crippen MR) is 57.6 cm³/mol. The van der Waals surface area contributed by atoms with Crippen molar-refractivity contribution in [3.63, 3.8) is 0 Å². The third kappa shape index (κ3) is 0.926. The Bertz CT molecular complexity index is 216. The van der Waals surface area contributed by atoms with Gasteiger partial charge in [-0.05, 0) is 47.8 Å². The first-order valence-electron chi connectivity index (χ1n) is 5.90. The van der Waals surface area contributed by atoms with Crippen LogP contribution in [0.2, 0.25) is 0 Å². The molecule has 0 saturated heterocycles. The average molecular weight is 180 g/mol. The molecular formula is C13H24. The molecule has 2 aliphatic rings. The van der Waals surface area contributed by atoms with Crippen LogP contribution >= 0.6 is 0 Å². The molecule has 4 atom stereocenters. The molecule has 0 radical (unpaired) electrons. The van der Waals surface area contributed by atoms with Crippen LogP contribution in [0.1, 0.15) is 53.9 Å². The van der Waals surface area contributed by atoms with E-state index in [2.05, 4.69) is 34.6 Å². The van der Waals surface area contributed by atoms with Gasteiger partial charge in [0.25, 0.3) is 0 Å². The molecule has 0 aromatic rings. The minimum absolute atomic E-state index is 0.563. The Morgan fingerprint density at radius 2 is 1.54 bits per heavy atom. The van der Waals surface area contributed by atoms with Crippen molar-refractivity contribution in [2.75, 3.05) is 0 Å². The van der Waals surface area contributed by atoms with E-state index in [4.69, 9.17) is 0 Å². The van der Waals surface area contributed by atoms with E-state index in [0.29, 0.717) is 10.8 Å². The summed E-state index contributed by atoms with van der Waals surface area (Å²) in [5, 5.41) is 0.